The molecule has 2 amide bonds. The average Bonchev–Trinajstić information content (AvgIpc) is 3.08. The van der Waals surface area contributed by atoms with Gasteiger partial charge in [0.25, 0.3) is 5.91 Å². The van der Waals surface area contributed by atoms with E-state index in [1.165, 1.54) is 16.7 Å². The first-order valence-corrected chi connectivity index (χ1v) is 11.4. The van der Waals surface area contributed by atoms with Crippen molar-refractivity contribution in [3.05, 3.63) is 66.2 Å². The van der Waals surface area contributed by atoms with Gasteiger partial charge in [-0.15, -0.1) is 11.8 Å². The molecule has 2 aromatic rings. The molecule has 0 radical (unpaired) electrons. The largest absolute Gasteiger partial charge is 0.484 e. The number of Topliss-reactive ketones (excluding diaryl/α,β-unsaturated/α-hetero) is 1. The van der Waals surface area contributed by atoms with Crippen molar-refractivity contribution in [2.75, 3.05) is 13.2 Å². The number of amides is 2. The van der Waals surface area contributed by atoms with Crippen LogP contribution >= 0.6 is 11.8 Å². The van der Waals surface area contributed by atoms with Crippen LogP contribution in [0.3, 0.4) is 0 Å². The molecule has 2 fully saturated rings. The van der Waals surface area contributed by atoms with Crippen molar-refractivity contribution in [3.63, 3.8) is 0 Å². The highest BCUT2D eigenvalue weighted by molar-refractivity contribution is 8.01. The third kappa shape index (κ3) is 4.73. The second kappa shape index (κ2) is 9.27. The van der Waals surface area contributed by atoms with Gasteiger partial charge in [-0.1, -0.05) is 48.5 Å². The Hall–Kier alpha value is -3.33. The number of carbonyl (C=O) groups is 4. The molecule has 2 heterocycles. The maximum absolute atomic E-state index is 12.8. The van der Waals surface area contributed by atoms with Crippen LogP contribution in [0.4, 0.5) is 0 Å². The van der Waals surface area contributed by atoms with Crippen molar-refractivity contribution in [3.8, 4) is 5.75 Å². The molecule has 0 aliphatic carbocycles. The molecule has 0 aromatic heterocycles. The van der Waals surface area contributed by atoms with Gasteiger partial charge in [-0.25, -0.2) is 4.79 Å². The minimum absolute atomic E-state index is 0.221. The summed E-state index contributed by atoms with van der Waals surface area (Å²) in [6.45, 7) is 3.06. The van der Waals surface area contributed by atoms with Crippen LogP contribution in [-0.2, 0) is 19.1 Å². The number of thioether (sulfide) groups is 1. The molecule has 8 nitrogen and oxygen atoms in total. The summed E-state index contributed by atoms with van der Waals surface area (Å²) < 4.78 is 10.1. The van der Waals surface area contributed by atoms with E-state index in [1.807, 2.05) is 19.9 Å². The summed E-state index contributed by atoms with van der Waals surface area (Å²) in [7, 11) is 0. The second-order valence-corrected chi connectivity index (χ2v) is 10.1. The molecule has 9 heteroatoms. The number of esters is 1. The van der Waals surface area contributed by atoms with Crippen LogP contribution in [0.5, 0.6) is 5.75 Å². The van der Waals surface area contributed by atoms with Gasteiger partial charge in [-0.2, -0.15) is 0 Å². The molecule has 2 saturated heterocycles. The highest BCUT2D eigenvalue weighted by atomic mass is 32.2. The highest BCUT2D eigenvalue weighted by Crippen LogP contribution is 2.51. The van der Waals surface area contributed by atoms with E-state index in [2.05, 4.69) is 5.32 Å². The molecular weight excluding hydrogens is 444 g/mol. The van der Waals surface area contributed by atoms with Crippen molar-refractivity contribution in [1.29, 1.82) is 0 Å². The van der Waals surface area contributed by atoms with Gasteiger partial charge in [0.15, 0.2) is 19.0 Å². The number of ether oxygens (including phenoxy) is 2. The molecule has 2 aliphatic rings. The summed E-state index contributed by atoms with van der Waals surface area (Å²) in [4.78, 5) is 51.6. The van der Waals surface area contributed by atoms with Crippen LogP contribution < -0.4 is 10.1 Å². The number of hydrogen-bond acceptors (Lipinski definition) is 7. The second-order valence-electron chi connectivity index (χ2n) is 8.30. The van der Waals surface area contributed by atoms with E-state index < -0.39 is 40.7 Å². The number of rotatable bonds is 8. The number of nitrogens with zero attached hydrogens (tertiary/aromatic N) is 1. The van der Waals surface area contributed by atoms with Crippen molar-refractivity contribution in [2.24, 2.45) is 0 Å². The molecule has 3 atom stereocenters. The van der Waals surface area contributed by atoms with Gasteiger partial charge < -0.3 is 19.7 Å². The third-order valence-electron chi connectivity index (χ3n) is 5.54. The number of carbonyl (C=O) groups excluding carboxylic acids is 4. The molecule has 2 aliphatic heterocycles. The smallest absolute Gasteiger partial charge is 0.330 e. The maximum atomic E-state index is 12.8. The van der Waals surface area contributed by atoms with Crippen LogP contribution in [0.1, 0.15) is 24.2 Å². The molecule has 0 saturated carbocycles. The topological polar surface area (TPSA) is 102 Å². The summed E-state index contributed by atoms with van der Waals surface area (Å²) in [6.07, 6.45) is 0. The molecule has 172 valence electrons. The monoisotopic (exact) mass is 468 g/mol. The highest BCUT2D eigenvalue weighted by Gasteiger charge is 2.64. The fraction of sp³-hybridized carbons (Fsp3) is 0.333. The Morgan fingerprint density at radius 2 is 1.64 bits per heavy atom. The van der Waals surface area contributed by atoms with E-state index in [0.29, 0.717) is 11.3 Å². The summed E-state index contributed by atoms with van der Waals surface area (Å²) in [5.41, 5.74) is 0.448. The standard InChI is InChI=1S/C24H24N2O6S/c1-24(2)20(23(30)32-13-17(27)15-9-5-3-6-10-15)26-21(29)19(22(26)33-24)25-18(28)14-31-16-11-7-4-8-12-16/h3-12,19-20,22H,13-14H2,1-2H3,(H,25,28)/t19?,20-,22+/m0/s1. The van der Waals surface area contributed by atoms with Gasteiger partial charge in [0.05, 0.1) is 0 Å². The minimum Gasteiger partial charge on any atom is -0.484 e. The van der Waals surface area contributed by atoms with E-state index in [4.69, 9.17) is 9.47 Å². The first-order valence-electron chi connectivity index (χ1n) is 10.5. The molecule has 0 spiro atoms. The normalized spacial score (nSPS) is 22.7. The Bertz CT molecular complexity index is 1060. The molecular formula is C24H24N2O6S. The molecule has 1 unspecified atom stereocenters. The third-order valence-corrected chi connectivity index (χ3v) is 7.11. The number of β-lactam (4-membered cyclic amide) rings is 1. The maximum Gasteiger partial charge on any atom is 0.330 e. The van der Waals surface area contributed by atoms with E-state index in [9.17, 15) is 19.2 Å². The molecule has 33 heavy (non-hydrogen) atoms. The van der Waals surface area contributed by atoms with E-state index >= 15 is 0 Å². The van der Waals surface area contributed by atoms with Gasteiger partial charge >= 0.3 is 5.97 Å². The quantitative estimate of drug-likeness (QED) is 0.359. The van der Waals surface area contributed by atoms with E-state index in [1.54, 1.807) is 54.6 Å². The van der Waals surface area contributed by atoms with Gasteiger partial charge in [0.2, 0.25) is 5.91 Å². The predicted octanol–water partition coefficient (Wildman–Crippen LogP) is 2.04. The van der Waals surface area contributed by atoms with Crippen molar-refractivity contribution < 1.29 is 28.7 Å². The lowest BCUT2D eigenvalue weighted by atomic mass is 9.96. The van der Waals surface area contributed by atoms with E-state index in [0.717, 1.165) is 0 Å². The summed E-state index contributed by atoms with van der Waals surface area (Å²) in [5, 5.41) is 2.30. The molecule has 4 rings (SSSR count). The zero-order valence-electron chi connectivity index (χ0n) is 18.2. The first-order chi connectivity index (χ1) is 15.8. The van der Waals surface area contributed by atoms with Crippen LogP contribution in [0.25, 0.3) is 0 Å². The molecule has 1 N–H and O–H groups in total. The summed E-state index contributed by atoms with van der Waals surface area (Å²) in [5.74, 6) is -1.18. The van der Waals surface area contributed by atoms with Gasteiger partial charge in [-0.05, 0) is 26.0 Å². The van der Waals surface area contributed by atoms with Crippen LogP contribution in [0.2, 0.25) is 0 Å². The zero-order valence-corrected chi connectivity index (χ0v) is 19.0. The van der Waals surface area contributed by atoms with Gasteiger partial charge in [-0.3, -0.25) is 14.4 Å². The number of para-hydroxylation sites is 1. The van der Waals surface area contributed by atoms with Crippen LogP contribution in [0, 0.1) is 0 Å². The zero-order chi connectivity index (χ0) is 23.6. The lowest BCUT2D eigenvalue weighted by Crippen LogP contribution is -2.71. The van der Waals surface area contributed by atoms with Crippen molar-refractivity contribution in [2.45, 2.75) is 36.1 Å². The average molecular weight is 469 g/mol. The summed E-state index contributed by atoms with van der Waals surface area (Å²) in [6, 6.07) is 15.9. The van der Waals surface area contributed by atoms with Crippen LogP contribution in [0.15, 0.2) is 60.7 Å². The molecule has 0 bridgehead atoms. The predicted molar refractivity (Wildman–Crippen MR) is 122 cm³/mol. The Morgan fingerprint density at radius 1 is 1.00 bits per heavy atom. The lowest BCUT2D eigenvalue weighted by Gasteiger charge is -2.43. The van der Waals surface area contributed by atoms with Crippen LogP contribution in [-0.4, -0.2) is 63.9 Å². The first kappa shape index (κ1) is 22.8. The Labute approximate surface area is 195 Å². The summed E-state index contributed by atoms with van der Waals surface area (Å²) >= 11 is 1.42. The Kier molecular flexibility index (Phi) is 6.42. The van der Waals surface area contributed by atoms with E-state index in [-0.39, 0.29) is 18.3 Å². The molecule has 2 aromatic carbocycles. The minimum atomic E-state index is -0.850. The Balaban J connectivity index is 1.33. The number of ketones is 1. The van der Waals surface area contributed by atoms with Crippen molar-refractivity contribution in [1.82, 2.24) is 10.2 Å². The Morgan fingerprint density at radius 3 is 2.30 bits per heavy atom. The fourth-order valence-corrected chi connectivity index (χ4v) is 5.55. The fourth-order valence-electron chi connectivity index (χ4n) is 3.93. The van der Waals surface area contributed by atoms with Gasteiger partial charge in [0, 0.05) is 10.3 Å². The SMILES string of the molecule is CC1(C)S[C@@H]2C(NC(=O)COc3ccccc3)C(=O)N2[C@H]1C(=O)OCC(=O)c1ccccc1. The number of hydrogen-bond donors (Lipinski definition) is 1. The number of fused-ring (bicyclic) bond motifs is 1. The van der Waals surface area contributed by atoms with Crippen molar-refractivity contribution >= 4 is 35.3 Å². The van der Waals surface area contributed by atoms with Gasteiger partial charge in [0.1, 0.15) is 23.2 Å². The number of benzene rings is 2. The number of nitrogens with one attached hydrogen (secondary N) is 1. The lowest BCUT2D eigenvalue weighted by molar-refractivity contribution is -0.163.